The van der Waals surface area contributed by atoms with Crippen LogP contribution in [0.4, 0.5) is 0 Å². The van der Waals surface area contributed by atoms with E-state index in [1.807, 2.05) is 42.5 Å². The third kappa shape index (κ3) is 8.24. The van der Waals surface area contributed by atoms with Crippen LogP contribution in [0.2, 0.25) is 10.0 Å². The van der Waals surface area contributed by atoms with Crippen molar-refractivity contribution in [2.45, 2.75) is 49.5 Å². The number of carboxylic acids is 1. The Bertz CT molecular complexity index is 1240. The predicted molar refractivity (Wildman–Crippen MR) is 159 cm³/mol. The fraction of sp³-hybridized carbons (Fsp3) is 0.467. The third-order valence-electron chi connectivity index (χ3n) is 7.64. The Labute approximate surface area is 244 Å². The van der Waals surface area contributed by atoms with Crippen molar-refractivity contribution in [2.24, 2.45) is 11.8 Å². The smallest absolute Gasteiger partial charge is 0.303 e. The molecule has 0 aliphatic carbocycles. The van der Waals surface area contributed by atoms with Gasteiger partial charge in [-0.05, 0) is 105 Å². The van der Waals surface area contributed by atoms with Crippen molar-refractivity contribution in [1.82, 2.24) is 9.88 Å². The molecule has 2 heterocycles. The molecule has 3 aromatic rings. The molecular formula is C30H36Cl2N2O4S. The third-order valence-corrected chi connectivity index (χ3v) is 9.72. The first-order chi connectivity index (χ1) is 18.9. The molecule has 0 radical (unpaired) electrons. The average Bonchev–Trinajstić information content (AvgIpc) is 2.93. The van der Waals surface area contributed by atoms with E-state index in [-0.39, 0.29) is 6.42 Å². The van der Waals surface area contributed by atoms with Crippen LogP contribution in [-0.2, 0) is 4.79 Å². The molecule has 3 atom stereocenters. The molecule has 2 N–H and O–H groups in total. The molecule has 1 fully saturated rings. The fourth-order valence-electron chi connectivity index (χ4n) is 5.55. The zero-order valence-corrected chi connectivity index (χ0v) is 24.5. The highest BCUT2D eigenvalue weighted by Crippen LogP contribution is 2.36. The number of hydrogen-bond donors (Lipinski definition) is 2. The summed E-state index contributed by atoms with van der Waals surface area (Å²) in [5.74, 6) is 1.57. The molecule has 1 saturated heterocycles. The first kappa shape index (κ1) is 29.9. The van der Waals surface area contributed by atoms with Gasteiger partial charge in [0.2, 0.25) is 0 Å². The number of aliphatic hydroxyl groups is 1. The van der Waals surface area contributed by atoms with E-state index in [1.54, 1.807) is 25.1 Å². The maximum absolute atomic E-state index is 11.4. The van der Waals surface area contributed by atoms with Crippen LogP contribution in [0.15, 0.2) is 53.6 Å². The van der Waals surface area contributed by atoms with E-state index in [0.29, 0.717) is 34.7 Å². The molecule has 9 heteroatoms. The summed E-state index contributed by atoms with van der Waals surface area (Å²) in [6, 6.07) is 13.2. The lowest BCUT2D eigenvalue weighted by Crippen LogP contribution is -2.41. The number of halogens is 2. The number of rotatable bonds is 13. The zero-order valence-electron chi connectivity index (χ0n) is 22.2. The SMILES string of the molecule is COc1ccc2nccc(C(O)CC[C@@H]3CCN(CCCSc4c(Cl)cccc4Cl)C[C@@H]3CCC(=O)O)c2c1. The van der Waals surface area contributed by atoms with Gasteiger partial charge in [-0.25, -0.2) is 0 Å². The zero-order chi connectivity index (χ0) is 27.8. The number of ether oxygens (including phenoxy) is 1. The highest BCUT2D eigenvalue weighted by Gasteiger charge is 2.30. The lowest BCUT2D eigenvalue weighted by molar-refractivity contribution is -0.137. The number of aliphatic carboxylic acids is 1. The number of piperidine rings is 1. The van der Waals surface area contributed by atoms with E-state index >= 15 is 0 Å². The van der Waals surface area contributed by atoms with Gasteiger partial charge in [0.15, 0.2) is 0 Å². The number of pyridine rings is 1. The maximum atomic E-state index is 11.4. The summed E-state index contributed by atoms with van der Waals surface area (Å²) in [4.78, 5) is 19.2. The van der Waals surface area contributed by atoms with Crippen LogP contribution in [0.1, 0.15) is 50.2 Å². The number of methoxy groups -OCH3 is 1. The second-order valence-electron chi connectivity index (χ2n) is 10.2. The number of aromatic nitrogens is 1. The Kier molecular flexibility index (Phi) is 11.2. The molecule has 0 amide bonds. The summed E-state index contributed by atoms with van der Waals surface area (Å²) in [5.41, 5.74) is 1.68. The van der Waals surface area contributed by atoms with Gasteiger partial charge < -0.3 is 19.8 Å². The van der Waals surface area contributed by atoms with Gasteiger partial charge in [0.1, 0.15) is 5.75 Å². The van der Waals surface area contributed by atoms with Crippen LogP contribution in [0, 0.1) is 11.8 Å². The Balaban J connectivity index is 1.32. The quantitative estimate of drug-likeness (QED) is 0.159. The van der Waals surface area contributed by atoms with Crippen LogP contribution < -0.4 is 4.74 Å². The van der Waals surface area contributed by atoms with Gasteiger partial charge in [-0.15, -0.1) is 11.8 Å². The van der Waals surface area contributed by atoms with Gasteiger partial charge in [-0.1, -0.05) is 29.3 Å². The van der Waals surface area contributed by atoms with Crippen molar-refractivity contribution in [3.8, 4) is 5.75 Å². The van der Waals surface area contributed by atoms with Crippen LogP contribution in [0.25, 0.3) is 10.9 Å². The second-order valence-corrected chi connectivity index (χ2v) is 12.1. The van der Waals surface area contributed by atoms with E-state index in [9.17, 15) is 15.0 Å². The lowest BCUT2D eigenvalue weighted by Gasteiger charge is -2.39. The molecule has 6 nitrogen and oxygen atoms in total. The average molecular weight is 592 g/mol. The van der Waals surface area contributed by atoms with E-state index in [0.717, 1.165) is 71.8 Å². The van der Waals surface area contributed by atoms with Gasteiger partial charge in [0.25, 0.3) is 0 Å². The van der Waals surface area contributed by atoms with Crippen LogP contribution >= 0.6 is 35.0 Å². The summed E-state index contributed by atoms with van der Waals surface area (Å²) in [6.45, 7) is 2.83. The van der Waals surface area contributed by atoms with Gasteiger partial charge in [-0.2, -0.15) is 0 Å². The lowest BCUT2D eigenvalue weighted by atomic mass is 9.79. The number of fused-ring (bicyclic) bond motifs is 1. The van der Waals surface area contributed by atoms with Crippen molar-refractivity contribution in [3.63, 3.8) is 0 Å². The van der Waals surface area contributed by atoms with Crippen LogP contribution in [0.5, 0.6) is 5.75 Å². The summed E-state index contributed by atoms with van der Waals surface area (Å²) >= 11 is 14.3. The molecule has 210 valence electrons. The number of carbonyl (C=O) groups is 1. The standard InChI is InChI=1S/C30H36Cl2N2O4S/c1-38-22-8-9-27-24(18-22)23(12-14-33-27)28(35)10-6-20-13-16-34(19-21(20)7-11-29(36)37)15-3-17-39-30-25(31)4-2-5-26(30)32/h2,4-5,8-9,12,14,18,20-21,28,35H,3,6-7,10-11,13,15-17,19H2,1H3,(H,36,37)/t20-,21+,28?/m1/s1. The van der Waals surface area contributed by atoms with Crippen molar-refractivity contribution in [3.05, 3.63) is 64.3 Å². The first-order valence-electron chi connectivity index (χ1n) is 13.5. The molecule has 1 aromatic heterocycles. The summed E-state index contributed by atoms with van der Waals surface area (Å²) in [5, 5.41) is 22.8. The molecule has 39 heavy (non-hydrogen) atoms. The van der Waals surface area contributed by atoms with Gasteiger partial charge in [-0.3, -0.25) is 9.78 Å². The highest BCUT2D eigenvalue weighted by atomic mass is 35.5. The van der Waals surface area contributed by atoms with E-state index < -0.39 is 12.1 Å². The number of likely N-dealkylation sites (tertiary alicyclic amines) is 1. The topological polar surface area (TPSA) is 82.9 Å². The van der Waals surface area contributed by atoms with E-state index in [4.69, 9.17) is 27.9 Å². The number of hydrogen-bond acceptors (Lipinski definition) is 6. The molecule has 0 bridgehead atoms. The van der Waals surface area contributed by atoms with Crippen molar-refractivity contribution in [2.75, 3.05) is 32.5 Å². The number of aliphatic hydroxyl groups excluding tert-OH is 1. The molecule has 2 aromatic carbocycles. The molecular weight excluding hydrogens is 555 g/mol. The molecule has 1 aliphatic heterocycles. The highest BCUT2D eigenvalue weighted by molar-refractivity contribution is 7.99. The van der Waals surface area contributed by atoms with Crippen molar-refractivity contribution < 1.29 is 19.7 Å². The normalized spacial score (nSPS) is 18.8. The van der Waals surface area contributed by atoms with Gasteiger partial charge in [0.05, 0.1) is 28.8 Å². The molecule has 4 rings (SSSR count). The first-order valence-corrected chi connectivity index (χ1v) is 15.2. The number of thioether (sulfide) groups is 1. The Morgan fingerprint density at radius 2 is 1.97 bits per heavy atom. The summed E-state index contributed by atoms with van der Waals surface area (Å²) in [6.07, 6.45) is 5.44. The molecule has 0 saturated carbocycles. The maximum Gasteiger partial charge on any atom is 0.303 e. The van der Waals surface area contributed by atoms with Gasteiger partial charge >= 0.3 is 5.97 Å². The molecule has 1 unspecified atom stereocenters. The van der Waals surface area contributed by atoms with Crippen LogP contribution in [0.3, 0.4) is 0 Å². The summed E-state index contributed by atoms with van der Waals surface area (Å²) < 4.78 is 5.38. The number of carboxylic acid groups (broad SMARTS) is 1. The largest absolute Gasteiger partial charge is 0.497 e. The summed E-state index contributed by atoms with van der Waals surface area (Å²) in [7, 11) is 1.63. The Hall–Kier alpha value is -2.03. The second kappa shape index (κ2) is 14.6. The number of nitrogens with zero attached hydrogens (tertiary/aromatic N) is 2. The minimum absolute atomic E-state index is 0.174. The fourth-order valence-corrected chi connectivity index (χ4v) is 7.16. The van der Waals surface area contributed by atoms with Crippen molar-refractivity contribution in [1.29, 1.82) is 0 Å². The number of benzene rings is 2. The van der Waals surface area contributed by atoms with E-state index in [2.05, 4.69) is 9.88 Å². The Morgan fingerprint density at radius 1 is 1.18 bits per heavy atom. The monoisotopic (exact) mass is 590 g/mol. The van der Waals surface area contributed by atoms with Gasteiger partial charge in [0, 0.05) is 29.4 Å². The minimum atomic E-state index is -0.754. The molecule has 1 aliphatic rings. The molecule has 0 spiro atoms. The van der Waals surface area contributed by atoms with E-state index in [1.165, 1.54) is 0 Å². The van der Waals surface area contributed by atoms with Crippen LogP contribution in [-0.4, -0.2) is 58.6 Å². The Morgan fingerprint density at radius 3 is 2.72 bits per heavy atom. The minimum Gasteiger partial charge on any atom is -0.497 e. The van der Waals surface area contributed by atoms with Crippen molar-refractivity contribution >= 4 is 51.8 Å². The predicted octanol–water partition coefficient (Wildman–Crippen LogP) is 7.35.